The van der Waals surface area contributed by atoms with Gasteiger partial charge in [0.1, 0.15) is 6.04 Å². The molecular formula is C21H25N3O2. The van der Waals surface area contributed by atoms with Crippen molar-refractivity contribution in [3.05, 3.63) is 53.6 Å². The predicted octanol–water partition coefficient (Wildman–Crippen LogP) is 4.09. The van der Waals surface area contributed by atoms with Crippen molar-refractivity contribution >= 4 is 28.9 Å². The van der Waals surface area contributed by atoms with Crippen LogP contribution in [-0.4, -0.2) is 17.9 Å². The van der Waals surface area contributed by atoms with E-state index in [0.29, 0.717) is 0 Å². The molecule has 1 atom stereocenters. The average molecular weight is 351 g/mol. The van der Waals surface area contributed by atoms with Gasteiger partial charge in [-0.3, -0.25) is 9.59 Å². The summed E-state index contributed by atoms with van der Waals surface area (Å²) in [5.74, 6) is 0.178. The van der Waals surface area contributed by atoms with Crippen LogP contribution >= 0.6 is 0 Å². The predicted molar refractivity (Wildman–Crippen MR) is 105 cm³/mol. The molecule has 5 nitrogen and oxygen atoms in total. The van der Waals surface area contributed by atoms with E-state index in [4.69, 9.17) is 0 Å². The third-order valence-electron chi connectivity index (χ3n) is 4.52. The third-order valence-corrected chi connectivity index (χ3v) is 4.52. The lowest BCUT2D eigenvalue weighted by Gasteiger charge is -2.17. The Labute approximate surface area is 154 Å². The summed E-state index contributed by atoms with van der Waals surface area (Å²) >= 11 is 0. The first kappa shape index (κ1) is 18.0. The zero-order valence-corrected chi connectivity index (χ0v) is 15.4. The normalized spacial score (nSPS) is 14.4. The van der Waals surface area contributed by atoms with Crippen LogP contribution in [0.2, 0.25) is 0 Å². The summed E-state index contributed by atoms with van der Waals surface area (Å²) in [5, 5.41) is 9.04. The Hall–Kier alpha value is -2.82. The van der Waals surface area contributed by atoms with Gasteiger partial charge in [0.05, 0.1) is 0 Å². The van der Waals surface area contributed by atoms with Gasteiger partial charge in [-0.1, -0.05) is 17.7 Å². The number of anilines is 3. The Morgan fingerprint density at radius 3 is 2.23 bits per heavy atom. The largest absolute Gasteiger partial charge is 0.374 e. The quantitative estimate of drug-likeness (QED) is 0.734. The molecule has 0 heterocycles. The summed E-state index contributed by atoms with van der Waals surface area (Å²) in [7, 11) is 0. The van der Waals surface area contributed by atoms with E-state index in [9.17, 15) is 9.59 Å². The van der Waals surface area contributed by atoms with Gasteiger partial charge in [0, 0.05) is 23.0 Å². The zero-order chi connectivity index (χ0) is 18.7. The van der Waals surface area contributed by atoms with Crippen LogP contribution in [0.25, 0.3) is 0 Å². The molecular weight excluding hydrogens is 326 g/mol. The second kappa shape index (κ2) is 7.60. The average Bonchev–Trinajstić information content (AvgIpc) is 3.44. The molecule has 0 aromatic heterocycles. The molecule has 3 N–H and O–H groups in total. The highest BCUT2D eigenvalue weighted by atomic mass is 16.2. The van der Waals surface area contributed by atoms with E-state index in [0.717, 1.165) is 35.5 Å². The maximum atomic E-state index is 12.4. The molecule has 0 bridgehead atoms. The van der Waals surface area contributed by atoms with Crippen molar-refractivity contribution < 1.29 is 9.59 Å². The summed E-state index contributed by atoms with van der Waals surface area (Å²) in [6, 6.07) is 13.0. The Kier molecular flexibility index (Phi) is 5.26. The van der Waals surface area contributed by atoms with Crippen molar-refractivity contribution in [2.75, 3.05) is 16.0 Å². The van der Waals surface area contributed by atoms with Crippen LogP contribution in [0, 0.1) is 19.8 Å². The third kappa shape index (κ3) is 4.63. The van der Waals surface area contributed by atoms with Crippen molar-refractivity contribution in [2.24, 2.45) is 5.92 Å². The van der Waals surface area contributed by atoms with Gasteiger partial charge in [0.15, 0.2) is 0 Å². The van der Waals surface area contributed by atoms with Crippen LogP contribution in [0.1, 0.15) is 30.9 Å². The molecule has 0 spiro atoms. The molecule has 3 rings (SSSR count). The second-order valence-electron chi connectivity index (χ2n) is 7.01. The first-order valence-electron chi connectivity index (χ1n) is 8.98. The number of hydrogen-bond donors (Lipinski definition) is 3. The molecule has 2 aromatic carbocycles. The SMILES string of the molecule is Cc1ccc(NC(=O)[C@@H](C)Nc2ccc(NC(=O)C3CC3)cc2)c(C)c1. The number of hydrogen-bond acceptors (Lipinski definition) is 3. The number of carbonyl (C=O) groups is 2. The second-order valence-corrected chi connectivity index (χ2v) is 7.01. The highest BCUT2D eigenvalue weighted by molar-refractivity contribution is 5.97. The fourth-order valence-electron chi connectivity index (χ4n) is 2.75. The summed E-state index contributed by atoms with van der Waals surface area (Å²) < 4.78 is 0. The van der Waals surface area contributed by atoms with Gasteiger partial charge in [-0.05, 0) is 69.5 Å². The number of carbonyl (C=O) groups excluding carboxylic acids is 2. The first-order chi connectivity index (χ1) is 12.4. The van der Waals surface area contributed by atoms with Gasteiger partial charge in [0.25, 0.3) is 0 Å². The molecule has 1 saturated carbocycles. The smallest absolute Gasteiger partial charge is 0.246 e. The van der Waals surface area contributed by atoms with Crippen LogP contribution in [0.5, 0.6) is 0 Å². The van der Waals surface area contributed by atoms with Gasteiger partial charge >= 0.3 is 0 Å². The summed E-state index contributed by atoms with van der Waals surface area (Å²) in [4.78, 5) is 24.2. The number of aryl methyl sites for hydroxylation is 2. The minimum absolute atomic E-state index is 0.0897. The van der Waals surface area contributed by atoms with Crippen LogP contribution in [0.15, 0.2) is 42.5 Å². The Morgan fingerprint density at radius 1 is 0.962 bits per heavy atom. The lowest BCUT2D eigenvalue weighted by molar-refractivity contribution is -0.117. The highest BCUT2D eigenvalue weighted by Crippen LogP contribution is 2.30. The van der Waals surface area contributed by atoms with Crippen molar-refractivity contribution in [3.63, 3.8) is 0 Å². The topological polar surface area (TPSA) is 70.2 Å². The first-order valence-corrected chi connectivity index (χ1v) is 8.98. The maximum absolute atomic E-state index is 12.4. The summed E-state index contributed by atoms with van der Waals surface area (Å²) in [6.07, 6.45) is 1.97. The lowest BCUT2D eigenvalue weighted by atomic mass is 10.1. The Morgan fingerprint density at radius 2 is 1.62 bits per heavy atom. The molecule has 1 aliphatic carbocycles. The molecule has 1 fully saturated rings. The van der Waals surface area contributed by atoms with Crippen molar-refractivity contribution in [2.45, 2.75) is 39.7 Å². The molecule has 2 aromatic rings. The molecule has 5 heteroatoms. The number of rotatable bonds is 6. The molecule has 136 valence electrons. The van der Waals surface area contributed by atoms with Crippen LogP contribution in [0.4, 0.5) is 17.1 Å². The van der Waals surface area contributed by atoms with Crippen molar-refractivity contribution in [3.8, 4) is 0 Å². The monoisotopic (exact) mass is 351 g/mol. The minimum atomic E-state index is -0.386. The molecule has 0 unspecified atom stereocenters. The fourth-order valence-corrected chi connectivity index (χ4v) is 2.75. The van der Waals surface area contributed by atoms with Crippen LogP contribution in [0.3, 0.4) is 0 Å². The van der Waals surface area contributed by atoms with Gasteiger partial charge < -0.3 is 16.0 Å². The number of amides is 2. The van der Waals surface area contributed by atoms with Gasteiger partial charge in [-0.25, -0.2) is 0 Å². The van der Waals surface area contributed by atoms with E-state index < -0.39 is 0 Å². The molecule has 0 saturated heterocycles. The van der Waals surface area contributed by atoms with Gasteiger partial charge in [0.2, 0.25) is 11.8 Å². The van der Waals surface area contributed by atoms with E-state index in [1.807, 2.05) is 63.2 Å². The van der Waals surface area contributed by atoms with E-state index in [1.54, 1.807) is 0 Å². The van der Waals surface area contributed by atoms with Gasteiger partial charge in [-0.15, -0.1) is 0 Å². The molecule has 1 aliphatic rings. The van der Waals surface area contributed by atoms with E-state index in [1.165, 1.54) is 5.56 Å². The Balaban J connectivity index is 1.55. The minimum Gasteiger partial charge on any atom is -0.374 e. The molecule has 0 aliphatic heterocycles. The fraction of sp³-hybridized carbons (Fsp3) is 0.333. The summed E-state index contributed by atoms with van der Waals surface area (Å²) in [6.45, 7) is 5.83. The van der Waals surface area contributed by atoms with Crippen LogP contribution < -0.4 is 16.0 Å². The number of benzene rings is 2. The van der Waals surface area contributed by atoms with E-state index >= 15 is 0 Å². The zero-order valence-electron chi connectivity index (χ0n) is 15.4. The standard InChI is InChI=1S/C21H25N3O2/c1-13-4-11-19(14(2)12-13)24-20(25)15(3)22-17-7-9-18(10-8-17)23-21(26)16-5-6-16/h4,7-12,15-16,22H,5-6H2,1-3H3,(H,23,26)(H,24,25)/t15-/m1/s1. The van der Waals surface area contributed by atoms with E-state index in [-0.39, 0.29) is 23.8 Å². The van der Waals surface area contributed by atoms with Crippen LogP contribution in [-0.2, 0) is 9.59 Å². The Bertz CT molecular complexity index is 811. The molecule has 26 heavy (non-hydrogen) atoms. The lowest BCUT2D eigenvalue weighted by Crippen LogP contribution is -2.32. The molecule has 2 amide bonds. The van der Waals surface area contributed by atoms with Crippen molar-refractivity contribution in [1.82, 2.24) is 0 Å². The number of nitrogens with one attached hydrogen (secondary N) is 3. The van der Waals surface area contributed by atoms with E-state index in [2.05, 4.69) is 16.0 Å². The van der Waals surface area contributed by atoms with Gasteiger partial charge in [-0.2, -0.15) is 0 Å². The molecule has 0 radical (unpaired) electrons. The highest BCUT2D eigenvalue weighted by Gasteiger charge is 2.29. The van der Waals surface area contributed by atoms with Crippen molar-refractivity contribution in [1.29, 1.82) is 0 Å². The summed E-state index contributed by atoms with van der Waals surface area (Å²) in [5.41, 5.74) is 4.65. The maximum Gasteiger partial charge on any atom is 0.246 e.